The summed E-state index contributed by atoms with van der Waals surface area (Å²) in [6.07, 6.45) is 2.44. The highest BCUT2D eigenvalue weighted by atomic mass is 16.3. The smallest absolute Gasteiger partial charge is 0.222 e. The van der Waals surface area contributed by atoms with E-state index in [-0.39, 0.29) is 5.91 Å². The van der Waals surface area contributed by atoms with Crippen molar-refractivity contribution in [3.8, 4) is 0 Å². The number of carbonyl (C=O) groups excluding carboxylic acids is 1. The zero-order valence-corrected chi connectivity index (χ0v) is 11.4. The predicted molar refractivity (Wildman–Crippen MR) is 75.6 cm³/mol. The minimum absolute atomic E-state index is 0.150. The van der Waals surface area contributed by atoms with Gasteiger partial charge in [0, 0.05) is 25.2 Å². The number of benzene rings is 1. The summed E-state index contributed by atoms with van der Waals surface area (Å²) in [5, 5.41) is 10.1. The first-order valence-corrected chi connectivity index (χ1v) is 6.90. The third kappa shape index (κ3) is 3.47. The Morgan fingerprint density at radius 3 is 2.74 bits per heavy atom. The van der Waals surface area contributed by atoms with Crippen LogP contribution in [-0.2, 0) is 4.79 Å². The van der Waals surface area contributed by atoms with Crippen LogP contribution in [0.2, 0.25) is 0 Å². The average Bonchev–Trinajstić information content (AvgIpc) is 2.92. The number of nitrogen functional groups attached to an aromatic ring is 1. The molecule has 1 aliphatic rings. The van der Waals surface area contributed by atoms with Crippen LogP contribution >= 0.6 is 0 Å². The van der Waals surface area contributed by atoms with Gasteiger partial charge >= 0.3 is 0 Å². The average molecular weight is 262 g/mol. The van der Waals surface area contributed by atoms with E-state index in [4.69, 9.17) is 5.73 Å². The second-order valence-electron chi connectivity index (χ2n) is 5.26. The van der Waals surface area contributed by atoms with Crippen molar-refractivity contribution in [2.24, 2.45) is 0 Å². The van der Waals surface area contributed by atoms with E-state index in [1.54, 1.807) is 6.07 Å². The highest BCUT2D eigenvalue weighted by molar-refractivity contribution is 5.76. The zero-order valence-electron chi connectivity index (χ0n) is 11.4. The van der Waals surface area contributed by atoms with Crippen LogP contribution in [0.15, 0.2) is 18.2 Å². The molecule has 0 radical (unpaired) electrons. The van der Waals surface area contributed by atoms with Gasteiger partial charge in [0.2, 0.25) is 5.91 Å². The number of hydrogen-bond acceptors (Lipinski definition) is 3. The lowest BCUT2D eigenvalue weighted by molar-refractivity contribution is -0.130. The maximum atomic E-state index is 11.9. The first-order chi connectivity index (χ1) is 9.08. The number of anilines is 1. The summed E-state index contributed by atoms with van der Waals surface area (Å²) in [5.74, 6) is 0.150. The lowest BCUT2D eigenvalue weighted by atomic mass is 10.0. The summed E-state index contributed by atoms with van der Waals surface area (Å²) >= 11 is 0. The van der Waals surface area contributed by atoms with Crippen LogP contribution in [0.4, 0.5) is 5.69 Å². The van der Waals surface area contributed by atoms with Gasteiger partial charge in [-0.2, -0.15) is 0 Å². The largest absolute Gasteiger partial charge is 0.399 e. The van der Waals surface area contributed by atoms with E-state index in [9.17, 15) is 9.90 Å². The first-order valence-electron chi connectivity index (χ1n) is 6.90. The maximum Gasteiger partial charge on any atom is 0.222 e. The van der Waals surface area contributed by atoms with E-state index < -0.39 is 6.10 Å². The van der Waals surface area contributed by atoms with Crippen molar-refractivity contribution in [3.05, 3.63) is 29.3 Å². The minimum Gasteiger partial charge on any atom is -0.399 e. The summed E-state index contributed by atoms with van der Waals surface area (Å²) in [7, 11) is 0. The Kier molecular flexibility index (Phi) is 4.43. The number of rotatable bonds is 4. The Hall–Kier alpha value is -1.55. The lowest BCUT2D eigenvalue weighted by Gasteiger charge is -2.17. The standard InChI is InChI=1S/C15H22N2O2/c1-11-4-5-12(10-13(11)16)14(18)6-7-15(19)17-8-2-3-9-17/h4-5,10,14,18H,2-3,6-9,16H2,1H3. The number of hydrogen-bond donors (Lipinski definition) is 2. The molecule has 0 saturated carbocycles. The molecule has 1 saturated heterocycles. The number of nitrogens with two attached hydrogens (primary N) is 1. The van der Waals surface area contributed by atoms with E-state index in [2.05, 4.69) is 0 Å². The van der Waals surface area contributed by atoms with Gasteiger partial charge in [-0.3, -0.25) is 4.79 Å². The highest BCUT2D eigenvalue weighted by Gasteiger charge is 2.19. The van der Waals surface area contributed by atoms with Crippen molar-refractivity contribution in [2.45, 2.75) is 38.7 Å². The summed E-state index contributed by atoms with van der Waals surface area (Å²) in [4.78, 5) is 13.8. The Bertz CT molecular complexity index is 453. The molecule has 104 valence electrons. The second kappa shape index (κ2) is 6.06. The Morgan fingerprint density at radius 2 is 2.11 bits per heavy atom. The fraction of sp³-hybridized carbons (Fsp3) is 0.533. The number of nitrogens with zero attached hydrogens (tertiary/aromatic N) is 1. The third-order valence-electron chi connectivity index (χ3n) is 3.78. The second-order valence-corrected chi connectivity index (χ2v) is 5.26. The highest BCUT2D eigenvalue weighted by Crippen LogP contribution is 2.23. The summed E-state index contributed by atoms with van der Waals surface area (Å²) in [6.45, 7) is 3.67. The molecule has 1 atom stereocenters. The van der Waals surface area contributed by atoms with Crippen LogP contribution in [0.3, 0.4) is 0 Å². The molecule has 1 heterocycles. The Morgan fingerprint density at radius 1 is 1.42 bits per heavy atom. The zero-order chi connectivity index (χ0) is 13.8. The van der Waals surface area contributed by atoms with Crippen molar-refractivity contribution in [1.29, 1.82) is 0 Å². The van der Waals surface area contributed by atoms with Crippen LogP contribution in [0.5, 0.6) is 0 Å². The summed E-state index contributed by atoms with van der Waals surface area (Å²) in [6, 6.07) is 5.56. The molecule has 1 fully saturated rings. The molecule has 1 amide bonds. The molecule has 1 unspecified atom stereocenters. The number of amides is 1. The molecule has 1 aromatic rings. The van der Waals surface area contributed by atoms with Gasteiger partial charge in [0.05, 0.1) is 6.10 Å². The molecule has 0 aromatic heterocycles. The first kappa shape index (κ1) is 13.9. The van der Waals surface area contributed by atoms with E-state index in [1.165, 1.54) is 0 Å². The van der Waals surface area contributed by atoms with Gasteiger partial charge in [-0.05, 0) is 43.4 Å². The molecule has 4 heteroatoms. The van der Waals surface area contributed by atoms with Crippen molar-refractivity contribution in [3.63, 3.8) is 0 Å². The number of aliphatic hydroxyl groups is 1. The van der Waals surface area contributed by atoms with Crippen molar-refractivity contribution >= 4 is 11.6 Å². The van der Waals surface area contributed by atoms with Gasteiger partial charge in [0.25, 0.3) is 0 Å². The molecular formula is C15H22N2O2. The molecule has 0 spiro atoms. The van der Waals surface area contributed by atoms with Gasteiger partial charge < -0.3 is 15.7 Å². The molecular weight excluding hydrogens is 240 g/mol. The van der Waals surface area contributed by atoms with Gasteiger partial charge in [0.15, 0.2) is 0 Å². The fourth-order valence-electron chi connectivity index (χ4n) is 2.42. The molecule has 0 aliphatic carbocycles. The lowest BCUT2D eigenvalue weighted by Crippen LogP contribution is -2.27. The molecule has 2 rings (SSSR count). The van der Waals surface area contributed by atoms with Crippen LogP contribution in [0.1, 0.15) is 42.9 Å². The number of likely N-dealkylation sites (tertiary alicyclic amines) is 1. The van der Waals surface area contributed by atoms with Crippen LogP contribution in [0, 0.1) is 6.92 Å². The Labute approximate surface area is 114 Å². The van der Waals surface area contributed by atoms with Crippen molar-refractivity contribution in [1.82, 2.24) is 4.90 Å². The van der Waals surface area contributed by atoms with Gasteiger partial charge in [-0.1, -0.05) is 12.1 Å². The van der Waals surface area contributed by atoms with Crippen molar-refractivity contribution in [2.75, 3.05) is 18.8 Å². The number of aliphatic hydroxyl groups excluding tert-OH is 1. The molecule has 1 aromatic carbocycles. The maximum absolute atomic E-state index is 11.9. The summed E-state index contributed by atoms with van der Waals surface area (Å²) < 4.78 is 0. The van der Waals surface area contributed by atoms with E-state index >= 15 is 0 Å². The van der Waals surface area contributed by atoms with Crippen LogP contribution in [0.25, 0.3) is 0 Å². The Balaban J connectivity index is 1.88. The number of carbonyl (C=O) groups is 1. The minimum atomic E-state index is -0.616. The van der Waals surface area contributed by atoms with E-state index in [0.29, 0.717) is 18.5 Å². The normalized spacial score (nSPS) is 16.6. The quantitative estimate of drug-likeness (QED) is 0.816. The fourth-order valence-corrected chi connectivity index (χ4v) is 2.42. The van der Waals surface area contributed by atoms with Gasteiger partial charge in [-0.25, -0.2) is 0 Å². The van der Waals surface area contributed by atoms with Crippen LogP contribution < -0.4 is 5.73 Å². The van der Waals surface area contributed by atoms with Crippen LogP contribution in [-0.4, -0.2) is 29.0 Å². The topological polar surface area (TPSA) is 66.6 Å². The van der Waals surface area contributed by atoms with Gasteiger partial charge in [-0.15, -0.1) is 0 Å². The molecule has 1 aliphatic heterocycles. The molecule has 19 heavy (non-hydrogen) atoms. The third-order valence-corrected chi connectivity index (χ3v) is 3.78. The summed E-state index contributed by atoms with van der Waals surface area (Å²) in [5.41, 5.74) is 8.30. The number of aryl methyl sites for hydroxylation is 1. The molecule has 3 N–H and O–H groups in total. The monoisotopic (exact) mass is 262 g/mol. The van der Waals surface area contributed by atoms with Crippen molar-refractivity contribution < 1.29 is 9.90 Å². The predicted octanol–water partition coefficient (Wildman–Crippen LogP) is 2.01. The van der Waals surface area contributed by atoms with E-state index in [0.717, 1.165) is 37.1 Å². The SMILES string of the molecule is Cc1ccc(C(O)CCC(=O)N2CCCC2)cc1N. The van der Waals surface area contributed by atoms with Gasteiger partial charge in [0.1, 0.15) is 0 Å². The van der Waals surface area contributed by atoms with E-state index in [1.807, 2.05) is 24.0 Å². The molecule has 4 nitrogen and oxygen atoms in total. The molecule has 0 bridgehead atoms.